The number of carbonyl (C=O) groups excluding carboxylic acids is 2. The van der Waals surface area contributed by atoms with Crippen LogP contribution in [0.4, 0.5) is 5.00 Å². The van der Waals surface area contributed by atoms with Gasteiger partial charge in [-0.2, -0.15) is 0 Å². The monoisotopic (exact) mass is 310 g/mol. The molecule has 1 heterocycles. The molecule has 1 aromatic heterocycles. The van der Waals surface area contributed by atoms with Crippen LogP contribution in [0.2, 0.25) is 0 Å². The molecule has 1 aliphatic carbocycles. The molecule has 0 saturated carbocycles. The van der Waals surface area contributed by atoms with Gasteiger partial charge in [-0.25, -0.2) is 4.79 Å². The number of rotatable bonds is 6. The van der Waals surface area contributed by atoms with Gasteiger partial charge >= 0.3 is 5.97 Å². The van der Waals surface area contributed by atoms with Crippen LogP contribution in [0.25, 0.3) is 0 Å². The molecule has 21 heavy (non-hydrogen) atoms. The summed E-state index contributed by atoms with van der Waals surface area (Å²) in [4.78, 5) is 25.2. The standard InChI is InChI=1S/C15H22N2O3S/c1-9(8-16)6-7-12(18)17-14-13(15(19)20-2)10-4-3-5-11(10)21-14/h9H,3-8,16H2,1-2H3,(H,17,18). The van der Waals surface area contributed by atoms with Crippen LogP contribution in [0.15, 0.2) is 0 Å². The molecule has 0 radical (unpaired) electrons. The number of fused-ring (bicyclic) bond motifs is 1. The number of methoxy groups -OCH3 is 1. The summed E-state index contributed by atoms with van der Waals surface area (Å²) in [6.45, 7) is 2.60. The number of hydrogen-bond acceptors (Lipinski definition) is 5. The van der Waals surface area contributed by atoms with Gasteiger partial charge in [0.05, 0.1) is 12.7 Å². The molecule has 1 atom stereocenters. The summed E-state index contributed by atoms with van der Waals surface area (Å²) in [5.41, 5.74) is 7.16. The highest BCUT2D eigenvalue weighted by atomic mass is 32.1. The van der Waals surface area contributed by atoms with Crippen molar-refractivity contribution in [2.24, 2.45) is 11.7 Å². The minimum atomic E-state index is -0.361. The zero-order valence-corrected chi connectivity index (χ0v) is 13.3. The first-order valence-electron chi connectivity index (χ1n) is 7.29. The quantitative estimate of drug-likeness (QED) is 0.790. The van der Waals surface area contributed by atoms with Crippen LogP contribution in [0, 0.1) is 5.92 Å². The van der Waals surface area contributed by atoms with Gasteiger partial charge in [0.2, 0.25) is 5.91 Å². The third kappa shape index (κ3) is 3.63. The molecule has 0 aromatic carbocycles. The molecule has 3 N–H and O–H groups in total. The number of carbonyl (C=O) groups is 2. The summed E-state index contributed by atoms with van der Waals surface area (Å²) in [5.74, 6) is -0.107. The van der Waals surface area contributed by atoms with Crippen LogP contribution < -0.4 is 11.1 Å². The van der Waals surface area contributed by atoms with Crippen molar-refractivity contribution in [3.63, 3.8) is 0 Å². The summed E-state index contributed by atoms with van der Waals surface area (Å²) < 4.78 is 4.86. The first-order chi connectivity index (χ1) is 10.1. The van der Waals surface area contributed by atoms with Gasteiger partial charge in [-0.05, 0) is 43.7 Å². The maximum absolute atomic E-state index is 12.0. The van der Waals surface area contributed by atoms with Gasteiger partial charge in [0, 0.05) is 11.3 Å². The fraction of sp³-hybridized carbons (Fsp3) is 0.600. The summed E-state index contributed by atoms with van der Waals surface area (Å²) in [5, 5.41) is 3.51. The molecule has 2 rings (SSSR count). The molecule has 1 amide bonds. The fourth-order valence-electron chi connectivity index (χ4n) is 2.49. The van der Waals surface area contributed by atoms with E-state index in [9.17, 15) is 9.59 Å². The Hall–Kier alpha value is -1.40. The van der Waals surface area contributed by atoms with E-state index in [1.807, 2.05) is 6.92 Å². The Kier molecular flexibility index (Phi) is 5.36. The van der Waals surface area contributed by atoms with Crippen LogP contribution in [0.3, 0.4) is 0 Å². The van der Waals surface area contributed by atoms with Gasteiger partial charge in [0.25, 0.3) is 0 Å². The molecule has 5 nitrogen and oxygen atoms in total. The molecule has 1 unspecified atom stereocenters. The Bertz CT molecular complexity index is 539. The number of anilines is 1. The first-order valence-corrected chi connectivity index (χ1v) is 8.11. The molecule has 0 spiro atoms. The van der Waals surface area contributed by atoms with Crippen LogP contribution in [-0.4, -0.2) is 25.5 Å². The third-order valence-corrected chi connectivity index (χ3v) is 5.04. The second kappa shape index (κ2) is 7.04. The lowest BCUT2D eigenvalue weighted by Gasteiger charge is -2.09. The van der Waals surface area contributed by atoms with Crippen molar-refractivity contribution in [3.8, 4) is 0 Å². The maximum Gasteiger partial charge on any atom is 0.341 e. The highest BCUT2D eigenvalue weighted by Gasteiger charge is 2.27. The van der Waals surface area contributed by atoms with Gasteiger partial charge in [0.1, 0.15) is 5.00 Å². The minimum Gasteiger partial charge on any atom is -0.465 e. The number of amides is 1. The lowest BCUT2D eigenvalue weighted by atomic mass is 10.1. The summed E-state index contributed by atoms with van der Waals surface area (Å²) in [6, 6.07) is 0. The third-order valence-electron chi connectivity index (χ3n) is 3.83. The van der Waals surface area contributed by atoms with E-state index in [0.29, 0.717) is 29.4 Å². The van der Waals surface area contributed by atoms with E-state index in [4.69, 9.17) is 10.5 Å². The van der Waals surface area contributed by atoms with Gasteiger partial charge in [0.15, 0.2) is 0 Å². The topological polar surface area (TPSA) is 81.4 Å². The molecule has 0 fully saturated rings. The van der Waals surface area contributed by atoms with Crippen molar-refractivity contribution in [1.82, 2.24) is 0 Å². The van der Waals surface area contributed by atoms with Gasteiger partial charge in [-0.3, -0.25) is 4.79 Å². The molecular weight excluding hydrogens is 288 g/mol. The number of thiophene rings is 1. The molecule has 0 bridgehead atoms. The predicted octanol–water partition coefficient (Wildman–Crippen LogP) is 2.34. The van der Waals surface area contributed by atoms with Crippen LogP contribution in [0.1, 0.15) is 47.0 Å². The highest BCUT2D eigenvalue weighted by Crippen LogP contribution is 2.39. The van der Waals surface area contributed by atoms with E-state index in [2.05, 4.69) is 5.32 Å². The van der Waals surface area contributed by atoms with Crippen molar-refractivity contribution in [2.45, 2.75) is 39.0 Å². The molecule has 1 aromatic rings. The van der Waals surface area contributed by atoms with E-state index < -0.39 is 0 Å². The fourth-order valence-corrected chi connectivity index (χ4v) is 3.79. The van der Waals surface area contributed by atoms with E-state index in [1.165, 1.54) is 23.3 Å². The van der Waals surface area contributed by atoms with E-state index >= 15 is 0 Å². The number of ether oxygens (including phenoxy) is 1. The van der Waals surface area contributed by atoms with Crippen molar-refractivity contribution < 1.29 is 14.3 Å². The van der Waals surface area contributed by atoms with Crippen LogP contribution >= 0.6 is 11.3 Å². The number of hydrogen-bond donors (Lipinski definition) is 2. The largest absolute Gasteiger partial charge is 0.465 e. The van der Waals surface area contributed by atoms with Crippen molar-refractivity contribution in [3.05, 3.63) is 16.0 Å². The molecule has 0 aliphatic heterocycles. The number of esters is 1. The van der Waals surface area contributed by atoms with Gasteiger partial charge in [-0.1, -0.05) is 6.92 Å². The highest BCUT2D eigenvalue weighted by molar-refractivity contribution is 7.17. The normalized spacial score (nSPS) is 14.6. The average molecular weight is 310 g/mol. The zero-order valence-electron chi connectivity index (χ0n) is 12.5. The summed E-state index contributed by atoms with van der Waals surface area (Å²) in [7, 11) is 1.37. The summed E-state index contributed by atoms with van der Waals surface area (Å²) in [6.07, 6.45) is 4.09. The zero-order chi connectivity index (χ0) is 15.4. The molecule has 1 aliphatic rings. The Morgan fingerprint density at radius 2 is 2.19 bits per heavy atom. The smallest absolute Gasteiger partial charge is 0.341 e. The Morgan fingerprint density at radius 3 is 2.86 bits per heavy atom. The van der Waals surface area contributed by atoms with Crippen LogP contribution in [-0.2, 0) is 22.4 Å². The van der Waals surface area contributed by atoms with E-state index in [-0.39, 0.29) is 11.9 Å². The Morgan fingerprint density at radius 1 is 1.43 bits per heavy atom. The Balaban J connectivity index is 2.09. The molecular formula is C15H22N2O3S. The first kappa shape index (κ1) is 16.0. The van der Waals surface area contributed by atoms with Crippen molar-refractivity contribution >= 4 is 28.2 Å². The van der Waals surface area contributed by atoms with Crippen molar-refractivity contribution in [1.29, 1.82) is 0 Å². The van der Waals surface area contributed by atoms with Crippen LogP contribution in [0.5, 0.6) is 0 Å². The van der Waals surface area contributed by atoms with Gasteiger partial charge in [-0.15, -0.1) is 11.3 Å². The molecule has 6 heteroatoms. The lowest BCUT2D eigenvalue weighted by molar-refractivity contribution is -0.116. The summed E-state index contributed by atoms with van der Waals surface area (Å²) >= 11 is 1.50. The van der Waals surface area contributed by atoms with Gasteiger partial charge < -0.3 is 15.8 Å². The second-order valence-electron chi connectivity index (χ2n) is 5.48. The molecule has 0 saturated heterocycles. The second-order valence-corrected chi connectivity index (χ2v) is 6.59. The lowest BCUT2D eigenvalue weighted by Crippen LogP contribution is -2.17. The maximum atomic E-state index is 12.0. The van der Waals surface area contributed by atoms with E-state index in [1.54, 1.807) is 0 Å². The van der Waals surface area contributed by atoms with E-state index in [0.717, 1.165) is 31.2 Å². The van der Waals surface area contributed by atoms with Crippen molar-refractivity contribution in [2.75, 3.05) is 19.0 Å². The molecule has 116 valence electrons. The number of nitrogens with one attached hydrogen (secondary N) is 1. The average Bonchev–Trinajstić information content (AvgIpc) is 3.04. The number of nitrogens with two attached hydrogens (primary N) is 1. The Labute approximate surface area is 128 Å². The predicted molar refractivity (Wildman–Crippen MR) is 83.8 cm³/mol. The number of aryl methyl sites for hydroxylation is 1. The SMILES string of the molecule is COC(=O)c1c(NC(=O)CCC(C)CN)sc2c1CCC2. The minimum absolute atomic E-state index is 0.0691.